The largest absolute Gasteiger partial charge is 0.277 e. The summed E-state index contributed by atoms with van der Waals surface area (Å²) in [6.45, 7) is 8.53. The van der Waals surface area contributed by atoms with Crippen molar-refractivity contribution >= 4 is 28.5 Å². The zero-order chi connectivity index (χ0) is 17.7. The molecule has 0 N–H and O–H groups in total. The Bertz CT molecular complexity index is 1080. The van der Waals surface area contributed by atoms with Gasteiger partial charge in [-0.3, -0.25) is 8.97 Å². The van der Waals surface area contributed by atoms with Crippen molar-refractivity contribution in [1.82, 2.24) is 18.9 Å². The van der Waals surface area contributed by atoms with Crippen molar-refractivity contribution in [3.63, 3.8) is 0 Å². The first-order valence-corrected chi connectivity index (χ1v) is 9.10. The van der Waals surface area contributed by atoms with E-state index in [-0.39, 0.29) is 0 Å². The fourth-order valence-electron chi connectivity index (χ4n) is 3.87. The molecule has 128 valence electrons. The van der Waals surface area contributed by atoms with Gasteiger partial charge in [0.1, 0.15) is 0 Å². The number of benzene rings is 1. The smallest absolute Gasteiger partial charge is 0.221 e. The first-order valence-electron chi connectivity index (χ1n) is 8.56. The van der Waals surface area contributed by atoms with Gasteiger partial charge >= 0.3 is 0 Å². The van der Waals surface area contributed by atoms with E-state index in [1.165, 1.54) is 16.7 Å². The van der Waals surface area contributed by atoms with E-state index in [0.717, 1.165) is 40.4 Å². The molecule has 4 aromatic rings. The third-order valence-corrected chi connectivity index (χ3v) is 5.03. The molecular weight excluding hydrogens is 332 g/mol. The summed E-state index contributed by atoms with van der Waals surface area (Å²) in [6.07, 6.45) is 2.69. The van der Waals surface area contributed by atoms with Gasteiger partial charge in [-0.2, -0.15) is 0 Å². The lowest BCUT2D eigenvalue weighted by Gasteiger charge is -2.13. The minimum Gasteiger partial charge on any atom is -0.277 e. The fraction of sp³-hybridized carbons (Fsp3) is 0.300. The predicted octanol–water partition coefficient (Wildman–Crippen LogP) is 4.90. The van der Waals surface area contributed by atoms with Gasteiger partial charge in [-0.1, -0.05) is 24.6 Å². The van der Waals surface area contributed by atoms with E-state index in [9.17, 15) is 0 Å². The third kappa shape index (κ3) is 2.28. The summed E-state index contributed by atoms with van der Waals surface area (Å²) in [6, 6.07) is 8.46. The van der Waals surface area contributed by atoms with Crippen molar-refractivity contribution in [2.24, 2.45) is 0 Å². The van der Waals surface area contributed by atoms with Crippen LogP contribution in [0.5, 0.6) is 0 Å². The Labute approximate surface area is 152 Å². The monoisotopic (exact) mass is 352 g/mol. The molecule has 25 heavy (non-hydrogen) atoms. The van der Waals surface area contributed by atoms with Gasteiger partial charge < -0.3 is 0 Å². The van der Waals surface area contributed by atoms with Crippen LogP contribution in [0.25, 0.3) is 22.6 Å². The van der Waals surface area contributed by atoms with E-state index in [1.54, 1.807) is 0 Å². The van der Waals surface area contributed by atoms with Crippen LogP contribution >= 0.6 is 11.6 Å². The van der Waals surface area contributed by atoms with E-state index in [1.807, 2.05) is 12.3 Å². The van der Waals surface area contributed by atoms with Crippen LogP contribution in [0.4, 0.5) is 0 Å². The molecule has 3 aromatic heterocycles. The Kier molecular flexibility index (Phi) is 3.80. The number of imidazole rings is 2. The molecule has 0 spiro atoms. The van der Waals surface area contributed by atoms with E-state index in [4.69, 9.17) is 16.6 Å². The molecule has 0 radical (unpaired) electrons. The molecule has 0 aliphatic rings. The number of halogens is 1. The lowest BCUT2D eigenvalue weighted by atomic mass is 10.1. The number of hydrogen-bond donors (Lipinski definition) is 0. The summed E-state index contributed by atoms with van der Waals surface area (Å²) in [4.78, 5) is 9.58. The van der Waals surface area contributed by atoms with Gasteiger partial charge in [0, 0.05) is 6.20 Å². The topological polar surface area (TPSA) is 35.1 Å². The van der Waals surface area contributed by atoms with Gasteiger partial charge in [0.2, 0.25) is 5.78 Å². The molecule has 0 unspecified atom stereocenters. The highest BCUT2D eigenvalue weighted by Crippen LogP contribution is 2.31. The van der Waals surface area contributed by atoms with Gasteiger partial charge in [0.15, 0.2) is 5.65 Å². The normalized spacial score (nSPS) is 11.7. The molecule has 0 bridgehead atoms. The number of pyridine rings is 1. The molecule has 0 amide bonds. The summed E-state index contributed by atoms with van der Waals surface area (Å²) in [5, 5.41) is 0. The summed E-state index contributed by atoms with van der Waals surface area (Å²) in [5.74, 6) is 1.32. The molecule has 0 atom stereocenters. The summed E-state index contributed by atoms with van der Waals surface area (Å²) < 4.78 is 4.33. The molecule has 0 saturated carbocycles. The van der Waals surface area contributed by atoms with Gasteiger partial charge in [-0.25, -0.2) is 9.97 Å². The maximum atomic E-state index is 6.28. The van der Waals surface area contributed by atoms with Crippen LogP contribution in [0, 0.1) is 20.8 Å². The number of rotatable bonds is 3. The van der Waals surface area contributed by atoms with Crippen molar-refractivity contribution in [2.45, 2.75) is 40.0 Å². The highest BCUT2D eigenvalue weighted by Gasteiger charge is 2.22. The predicted molar refractivity (Wildman–Crippen MR) is 103 cm³/mol. The Morgan fingerprint density at radius 2 is 1.84 bits per heavy atom. The Morgan fingerprint density at radius 1 is 1.12 bits per heavy atom. The van der Waals surface area contributed by atoms with E-state index in [0.29, 0.717) is 5.88 Å². The number of fused-ring (bicyclic) bond motifs is 3. The second kappa shape index (κ2) is 5.88. The molecule has 0 aliphatic carbocycles. The zero-order valence-electron chi connectivity index (χ0n) is 15.0. The number of hydrogen-bond acceptors (Lipinski definition) is 2. The fourth-order valence-corrected chi connectivity index (χ4v) is 4.14. The lowest BCUT2D eigenvalue weighted by Crippen LogP contribution is -2.02. The molecule has 0 fully saturated rings. The quantitative estimate of drug-likeness (QED) is 0.491. The summed E-state index contributed by atoms with van der Waals surface area (Å²) in [5.41, 5.74) is 8.91. The van der Waals surface area contributed by atoms with Crippen LogP contribution in [0.1, 0.15) is 35.0 Å². The van der Waals surface area contributed by atoms with E-state index in [2.05, 4.69) is 59.8 Å². The van der Waals surface area contributed by atoms with E-state index < -0.39 is 0 Å². The maximum absolute atomic E-state index is 6.28. The van der Waals surface area contributed by atoms with Crippen LogP contribution < -0.4 is 0 Å². The first-order chi connectivity index (χ1) is 12.1. The average molecular weight is 353 g/mol. The van der Waals surface area contributed by atoms with Crippen molar-refractivity contribution in [3.8, 4) is 5.69 Å². The SMILES string of the molecule is CCc1nc2n(-c3c(C)cc(C)cc3C)c3ncccc3n2c1CCl. The van der Waals surface area contributed by atoms with Gasteiger partial charge in [0.25, 0.3) is 0 Å². The molecular formula is C20H21ClN4. The molecule has 0 aliphatic heterocycles. The van der Waals surface area contributed by atoms with Crippen molar-refractivity contribution in [2.75, 3.05) is 0 Å². The van der Waals surface area contributed by atoms with Crippen molar-refractivity contribution in [3.05, 3.63) is 58.5 Å². The Morgan fingerprint density at radius 3 is 2.48 bits per heavy atom. The first kappa shape index (κ1) is 16.2. The number of aryl methyl sites for hydroxylation is 4. The van der Waals surface area contributed by atoms with Crippen LogP contribution in [0.3, 0.4) is 0 Å². The average Bonchev–Trinajstić information content (AvgIpc) is 3.09. The molecule has 3 heterocycles. The molecule has 1 aromatic carbocycles. The van der Waals surface area contributed by atoms with Crippen LogP contribution in [-0.2, 0) is 12.3 Å². The third-order valence-electron chi connectivity index (χ3n) is 4.78. The minimum atomic E-state index is 0.435. The van der Waals surface area contributed by atoms with Crippen LogP contribution in [-0.4, -0.2) is 18.9 Å². The zero-order valence-corrected chi connectivity index (χ0v) is 15.7. The standard InChI is InChI=1S/C20H21ClN4/c1-5-15-17(11-21)24-16-7-6-8-22-19(16)25(20(24)23-15)18-13(3)9-12(2)10-14(18)4/h6-10H,5,11H2,1-4H3. The van der Waals surface area contributed by atoms with Crippen molar-refractivity contribution < 1.29 is 0 Å². The van der Waals surface area contributed by atoms with Gasteiger partial charge in [0.05, 0.1) is 28.5 Å². The minimum absolute atomic E-state index is 0.435. The van der Waals surface area contributed by atoms with Crippen LogP contribution in [0.2, 0.25) is 0 Å². The number of alkyl halides is 1. The van der Waals surface area contributed by atoms with Crippen LogP contribution in [0.15, 0.2) is 30.5 Å². The number of aromatic nitrogens is 4. The summed E-state index contributed by atoms with van der Waals surface area (Å²) >= 11 is 6.28. The Hall–Kier alpha value is -2.33. The molecule has 5 heteroatoms. The molecule has 4 nitrogen and oxygen atoms in total. The van der Waals surface area contributed by atoms with Gasteiger partial charge in [-0.05, 0) is 50.5 Å². The summed E-state index contributed by atoms with van der Waals surface area (Å²) in [7, 11) is 0. The Balaban J connectivity index is 2.22. The maximum Gasteiger partial charge on any atom is 0.221 e. The lowest BCUT2D eigenvalue weighted by molar-refractivity contribution is 1.01. The molecule has 0 saturated heterocycles. The van der Waals surface area contributed by atoms with Crippen molar-refractivity contribution in [1.29, 1.82) is 0 Å². The second-order valence-electron chi connectivity index (χ2n) is 6.56. The van der Waals surface area contributed by atoms with Gasteiger partial charge in [-0.15, -0.1) is 11.6 Å². The number of nitrogens with zero attached hydrogens (tertiary/aromatic N) is 4. The van der Waals surface area contributed by atoms with E-state index >= 15 is 0 Å². The second-order valence-corrected chi connectivity index (χ2v) is 6.82. The molecule has 4 rings (SSSR count). The highest BCUT2D eigenvalue weighted by atomic mass is 35.5. The highest BCUT2D eigenvalue weighted by molar-refractivity contribution is 6.17.